The molecule has 1 saturated heterocycles. The van der Waals surface area contributed by atoms with Crippen molar-refractivity contribution in [3.8, 4) is 0 Å². The van der Waals surface area contributed by atoms with Crippen LogP contribution in [0.15, 0.2) is 60.2 Å². The van der Waals surface area contributed by atoms with E-state index in [0.29, 0.717) is 5.56 Å². The van der Waals surface area contributed by atoms with Crippen LogP contribution in [0.3, 0.4) is 0 Å². The molecule has 0 spiro atoms. The van der Waals surface area contributed by atoms with E-state index in [-0.39, 0.29) is 22.6 Å². The summed E-state index contributed by atoms with van der Waals surface area (Å²) >= 11 is 0. The van der Waals surface area contributed by atoms with E-state index in [1.54, 1.807) is 30.3 Å². The molecular weight excluding hydrogens is 312 g/mol. The fourth-order valence-electron chi connectivity index (χ4n) is 2.56. The second-order valence-corrected chi connectivity index (χ2v) is 5.21. The first-order valence-electron chi connectivity index (χ1n) is 7.07. The minimum atomic E-state index is -0.820. The molecule has 7 nitrogen and oxygen atoms in total. The van der Waals surface area contributed by atoms with E-state index < -0.39 is 22.7 Å². The van der Waals surface area contributed by atoms with Crippen LogP contribution in [0, 0.1) is 10.1 Å². The first-order chi connectivity index (χ1) is 11.5. The maximum Gasteiger partial charge on any atom is 0.293 e. The summed E-state index contributed by atoms with van der Waals surface area (Å²) in [7, 11) is 0. The Morgan fingerprint density at radius 2 is 1.67 bits per heavy atom. The predicted molar refractivity (Wildman–Crippen MR) is 85.0 cm³/mol. The average molecular weight is 324 g/mol. The number of benzene rings is 2. The summed E-state index contributed by atoms with van der Waals surface area (Å²) in [6, 6.07) is 13.1. The van der Waals surface area contributed by atoms with Gasteiger partial charge in [0.15, 0.2) is 0 Å². The third-order valence-electron chi connectivity index (χ3n) is 3.75. The summed E-state index contributed by atoms with van der Waals surface area (Å²) in [6.07, 6.45) is 0. The molecular formula is C17H12N2O5. The molecule has 1 aliphatic heterocycles. The van der Waals surface area contributed by atoms with E-state index in [4.69, 9.17) is 0 Å². The predicted octanol–water partition coefficient (Wildman–Crippen LogP) is 2.30. The number of amides is 1. The molecule has 24 heavy (non-hydrogen) atoms. The van der Waals surface area contributed by atoms with Crippen molar-refractivity contribution < 1.29 is 19.6 Å². The molecule has 2 aromatic carbocycles. The molecule has 1 amide bonds. The number of carbonyl (C=O) groups is 2. The van der Waals surface area contributed by atoms with E-state index in [2.05, 4.69) is 5.32 Å². The van der Waals surface area contributed by atoms with Crippen LogP contribution >= 0.6 is 0 Å². The van der Waals surface area contributed by atoms with Gasteiger partial charge in [0.1, 0.15) is 5.76 Å². The maximum absolute atomic E-state index is 12.1. The third-order valence-corrected chi connectivity index (χ3v) is 3.75. The third kappa shape index (κ3) is 2.63. The fourth-order valence-corrected chi connectivity index (χ4v) is 2.56. The van der Waals surface area contributed by atoms with Crippen molar-refractivity contribution in [1.29, 1.82) is 0 Å². The van der Waals surface area contributed by atoms with Gasteiger partial charge in [-0.2, -0.15) is 0 Å². The highest BCUT2D eigenvalue weighted by molar-refractivity contribution is 6.46. The van der Waals surface area contributed by atoms with Crippen LogP contribution in [0.4, 0.5) is 5.69 Å². The maximum atomic E-state index is 12.1. The van der Waals surface area contributed by atoms with Crippen LogP contribution in [0.1, 0.15) is 17.2 Å². The lowest BCUT2D eigenvalue weighted by Gasteiger charge is -2.13. The van der Waals surface area contributed by atoms with Crippen LogP contribution in [-0.2, 0) is 9.59 Å². The van der Waals surface area contributed by atoms with Crippen molar-refractivity contribution in [1.82, 2.24) is 5.32 Å². The van der Waals surface area contributed by atoms with Gasteiger partial charge in [-0.25, -0.2) is 0 Å². The number of non-ortho nitro benzene ring substituents is 1. The number of Topliss-reactive ketones (excluding diaryl/α,β-unsaturated/α-hetero) is 1. The van der Waals surface area contributed by atoms with E-state index in [0.717, 1.165) is 0 Å². The second-order valence-electron chi connectivity index (χ2n) is 5.21. The Morgan fingerprint density at radius 3 is 2.25 bits per heavy atom. The van der Waals surface area contributed by atoms with Crippen LogP contribution in [0.25, 0.3) is 5.76 Å². The van der Waals surface area contributed by atoms with E-state index in [1.807, 2.05) is 0 Å². The van der Waals surface area contributed by atoms with Gasteiger partial charge in [-0.3, -0.25) is 19.7 Å². The highest BCUT2D eigenvalue weighted by Crippen LogP contribution is 2.33. The number of nitrogens with one attached hydrogen (secondary N) is 1. The van der Waals surface area contributed by atoms with Gasteiger partial charge < -0.3 is 10.4 Å². The molecule has 1 fully saturated rings. The Labute approximate surface area is 136 Å². The topological polar surface area (TPSA) is 110 Å². The molecule has 1 aliphatic rings. The quantitative estimate of drug-likeness (QED) is 0.296. The van der Waals surface area contributed by atoms with E-state index in [9.17, 15) is 24.8 Å². The Bertz CT molecular complexity index is 856. The summed E-state index contributed by atoms with van der Waals surface area (Å²) in [6.45, 7) is 0. The molecule has 1 unspecified atom stereocenters. The highest BCUT2D eigenvalue weighted by atomic mass is 16.6. The lowest BCUT2D eigenvalue weighted by molar-refractivity contribution is -0.384. The SMILES string of the molecule is O=C1NC(c2ccccc2)/C(=C(\O)c2ccc([N+](=O)[O-])cc2)C1=O. The Kier molecular flexibility index (Phi) is 3.83. The number of nitrogens with zero attached hydrogens (tertiary/aromatic N) is 1. The number of carbonyl (C=O) groups excluding carboxylic acids is 2. The highest BCUT2D eigenvalue weighted by Gasteiger charge is 2.39. The van der Waals surface area contributed by atoms with Gasteiger partial charge in [0.05, 0.1) is 16.5 Å². The number of aliphatic hydroxyl groups is 1. The minimum absolute atomic E-state index is 0.0694. The van der Waals surface area contributed by atoms with Crippen molar-refractivity contribution in [2.45, 2.75) is 6.04 Å². The number of hydrogen-bond donors (Lipinski definition) is 2. The van der Waals surface area contributed by atoms with Crippen LogP contribution < -0.4 is 5.32 Å². The molecule has 0 aliphatic carbocycles. The van der Waals surface area contributed by atoms with Gasteiger partial charge in [0.2, 0.25) is 0 Å². The first-order valence-corrected chi connectivity index (χ1v) is 7.07. The molecule has 0 radical (unpaired) electrons. The van der Waals surface area contributed by atoms with Gasteiger partial charge in [-0.15, -0.1) is 0 Å². The number of aliphatic hydroxyl groups excluding tert-OH is 1. The van der Waals surface area contributed by atoms with E-state index in [1.165, 1.54) is 24.3 Å². The lowest BCUT2D eigenvalue weighted by Crippen LogP contribution is -2.21. The molecule has 0 aromatic heterocycles. The lowest BCUT2D eigenvalue weighted by atomic mass is 9.96. The smallest absolute Gasteiger partial charge is 0.293 e. The zero-order valence-electron chi connectivity index (χ0n) is 12.3. The number of ketones is 1. The number of nitro groups is 1. The molecule has 3 rings (SSSR count). The Hall–Kier alpha value is -3.48. The first kappa shape index (κ1) is 15.4. The van der Waals surface area contributed by atoms with Crippen LogP contribution in [0.2, 0.25) is 0 Å². The van der Waals surface area contributed by atoms with Crippen molar-refractivity contribution in [2.24, 2.45) is 0 Å². The molecule has 7 heteroatoms. The number of nitro benzene ring substituents is 1. The average Bonchev–Trinajstić information content (AvgIpc) is 2.90. The normalized spacial score (nSPS) is 19.1. The van der Waals surface area contributed by atoms with Gasteiger partial charge in [-0.1, -0.05) is 30.3 Å². The zero-order valence-corrected chi connectivity index (χ0v) is 12.3. The van der Waals surface area contributed by atoms with Crippen molar-refractivity contribution in [2.75, 3.05) is 0 Å². The molecule has 2 aromatic rings. The monoisotopic (exact) mass is 324 g/mol. The van der Waals surface area contributed by atoms with Crippen molar-refractivity contribution >= 4 is 23.1 Å². The summed E-state index contributed by atoms with van der Waals surface area (Å²) < 4.78 is 0. The van der Waals surface area contributed by atoms with Crippen molar-refractivity contribution in [3.63, 3.8) is 0 Å². The summed E-state index contributed by atoms with van der Waals surface area (Å²) in [4.78, 5) is 34.0. The molecule has 120 valence electrons. The number of hydrogen-bond acceptors (Lipinski definition) is 5. The van der Waals surface area contributed by atoms with Crippen molar-refractivity contribution in [3.05, 3.63) is 81.4 Å². The summed E-state index contributed by atoms with van der Waals surface area (Å²) in [5.41, 5.74) is 0.671. The van der Waals surface area contributed by atoms with Gasteiger partial charge >= 0.3 is 0 Å². The molecule has 1 atom stereocenters. The molecule has 0 bridgehead atoms. The van der Waals surface area contributed by atoms with Gasteiger partial charge in [0.25, 0.3) is 17.4 Å². The summed E-state index contributed by atoms with van der Waals surface area (Å²) in [5.74, 6) is -1.99. The molecule has 0 saturated carbocycles. The van der Waals surface area contributed by atoms with Crippen LogP contribution in [0.5, 0.6) is 0 Å². The number of rotatable bonds is 3. The summed E-state index contributed by atoms with van der Waals surface area (Å²) in [5, 5.41) is 23.7. The Balaban J connectivity index is 2.08. The van der Waals surface area contributed by atoms with Gasteiger partial charge in [-0.05, 0) is 17.7 Å². The standard InChI is InChI=1S/C17H12N2O5/c20-15(11-6-8-12(9-7-11)19(23)24)13-14(18-17(22)16(13)21)10-4-2-1-3-5-10/h1-9,14,20H,(H,18,22)/b15-13+. The molecule has 2 N–H and O–H groups in total. The second kappa shape index (κ2) is 5.96. The molecule has 1 heterocycles. The Morgan fingerprint density at radius 1 is 1.04 bits per heavy atom. The van der Waals surface area contributed by atoms with Crippen LogP contribution in [-0.4, -0.2) is 21.7 Å². The van der Waals surface area contributed by atoms with E-state index >= 15 is 0 Å². The fraction of sp³-hybridized carbons (Fsp3) is 0.0588. The zero-order chi connectivity index (χ0) is 17.3. The largest absolute Gasteiger partial charge is 0.507 e. The minimum Gasteiger partial charge on any atom is -0.507 e. The van der Waals surface area contributed by atoms with Gasteiger partial charge in [0, 0.05) is 17.7 Å².